The Kier molecular flexibility index (Phi) is 4.03. The number of ketones is 1. The van der Waals surface area contributed by atoms with E-state index in [1.54, 1.807) is 35.7 Å². The van der Waals surface area contributed by atoms with Crippen LogP contribution in [0.3, 0.4) is 0 Å². The van der Waals surface area contributed by atoms with Crippen LogP contribution in [0.5, 0.6) is 0 Å². The first kappa shape index (κ1) is 13.1. The largest absolute Gasteiger partial charge is 0.291 e. The Hall–Kier alpha value is -1.34. The number of Topliss-reactive ketones (excluding diaryl/α,β-unsaturated/α-hetero) is 1. The van der Waals surface area contributed by atoms with E-state index < -0.39 is 5.92 Å². The second kappa shape index (κ2) is 5.53. The van der Waals surface area contributed by atoms with Gasteiger partial charge in [0.15, 0.2) is 5.78 Å². The summed E-state index contributed by atoms with van der Waals surface area (Å²) in [6, 6.07) is 10.3. The molecule has 0 aliphatic carbocycles. The fourth-order valence-corrected chi connectivity index (χ4v) is 2.54. The van der Waals surface area contributed by atoms with Gasteiger partial charge in [-0.15, -0.1) is 11.3 Å². The van der Waals surface area contributed by atoms with Crippen molar-refractivity contribution in [2.75, 3.05) is 0 Å². The lowest BCUT2D eigenvalue weighted by Crippen LogP contribution is -2.09. The average Bonchev–Trinajstić information content (AvgIpc) is 2.88. The molecule has 1 atom stereocenters. The van der Waals surface area contributed by atoms with Crippen molar-refractivity contribution >= 4 is 40.3 Å². The molecule has 2 nitrogen and oxygen atoms in total. The molecule has 90 valence electrons. The second-order valence-corrected chi connectivity index (χ2v) is 5.34. The molecular formula is C13H7Cl2NOS. The van der Waals surface area contributed by atoms with Crippen LogP contribution >= 0.6 is 34.5 Å². The van der Waals surface area contributed by atoms with E-state index in [1.807, 2.05) is 6.07 Å². The molecule has 1 aromatic carbocycles. The van der Waals surface area contributed by atoms with Gasteiger partial charge in [-0.3, -0.25) is 4.79 Å². The molecule has 2 aromatic rings. The maximum Gasteiger partial charge on any atom is 0.194 e. The zero-order chi connectivity index (χ0) is 13.1. The topological polar surface area (TPSA) is 40.9 Å². The van der Waals surface area contributed by atoms with Crippen molar-refractivity contribution in [2.45, 2.75) is 5.92 Å². The standard InChI is InChI=1S/C13H7Cl2NOS/c14-10-4-3-8(6-11(10)15)9(7-16)13(17)12-2-1-5-18-12/h1-6,9H. The molecule has 0 saturated heterocycles. The molecule has 18 heavy (non-hydrogen) atoms. The number of hydrogen-bond acceptors (Lipinski definition) is 3. The average molecular weight is 296 g/mol. The fraction of sp³-hybridized carbons (Fsp3) is 0.0769. The van der Waals surface area contributed by atoms with Crippen molar-refractivity contribution in [3.8, 4) is 6.07 Å². The first-order valence-corrected chi connectivity index (χ1v) is 6.69. The Labute approximate surface area is 118 Å². The highest BCUT2D eigenvalue weighted by atomic mass is 35.5. The molecular weight excluding hydrogens is 289 g/mol. The predicted molar refractivity (Wildman–Crippen MR) is 73.5 cm³/mol. The van der Waals surface area contributed by atoms with Crippen molar-refractivity contribution in [1.29, 1.82) is 5.26 Å². The number of hydrogen-bond donors (Lipinski definition) is 0. The molecule has 0 bridgehead atoms. The maximum absolute atomic E-state index is 12.1. The van der Waals surface area contributed by atoms with Gasteiger partial charge in [0, 0.05) is 0 Å². The summed E-state index contributed by atoms with van der Waals surface area (Å²) in [6.07, 6.45) is 0. The van der Waals surface area contributed by atoms with E-state index in [4.69, 9.17) is 28.5 Å². The van der Waals surface area contributed by atoms with Crippen molar-refractivity contribution in [3.05, 3.63) is 56.2 Å². The van der Waals surface area contributed by atoms with Gasteiger partial charge in [-0.05, 0) is 29.1 Å². The summed E-state index contributed by atoms with van der Waals surface area (Å²) in [7, 11) is 0. The van der Waals surface area contributed by atoms with E-state index in [-0.39, 0.29) is 5.78 Å². The summed E-state index contributed by atoms with van der Waals surface area (Å²) < 4.78 is 0. The highest BCUT2D eigenvalue weighted by molar-refractivity contribution is 7.12. The molecule has 0 fully saturated rings. The van der Waals surface area contributed by atoms with Gasteiger partial charge in [0.05, 0.1) is 21.0 Å². The summed E-state index contributed by atoms with van der Waals surface area (Å²) in [4.78, 5) is 12.7. The quantitative estimate of drug-likeness (QED) is 0.780. The number of carbonyl (C=O) groups excluding carboxylic acids is 1. The van der Waals surface area contributed by atoms with Crippen molar-refractivity contribution in [1.82, 2.24) is 0 Å². The lowest BCUT2D eigenvalue weighted by molar-refractivity contribution is 0.0983. The van der Waals surface area contributed by atoms with Gasteiger partial charge in [0.1, 0.15) is 5.92 Å². The minimum Gasteiger partial charge on any atom is -0.291 e. The molecule has 0 N–H and O–H groups in total. The minimum absolute atomic E-state index is 0.217. The molecule has 1 aromatic heterocycles. The number of halogens is 2. The van der Waals surface area contributed by atoms with Gasteiger partial charge in [0.2, 0.25) is 0 Å². The monoisotopic (exact) mass is 295 g/mol. The zero-order valence-corrected chi connectivity index (χ0v) is 11.4. The Morgan fingerprint density at radius 3 is 2.61 bits per heavy atom. The highest BCUT2D eigenvalue weighted by Crippen LogP contribution is 2.29. The smallest absolute Gasteiger partial charge is 0.194 e. The number of rotatable bonds is 3. The molecule has 0 spiro atoms. The SMILES string of the molecule is N#CC(C(=O)c1cccs1)c1ccc(Cl)c(Cl)c1. The van der Waals surface area contributed by atoms with Crippen LogP contribution in [0.15, 0.2) is 35.7 Å². The van der Waals surface area contributed by atoms with Crippen LogP contribution in [-0.2, 0) is 0 Å². The van der Waals surface area contributed by atoms with Gasteiger partial charge < -0.3 is 0 Å². The molecule has 5 heteroatoms. The van der Waals surface area contributed by atoms with E-state index in [9.17, 15) is 4.79 Å². The summed E-state index contributed by atoms with van der Waals surface area (Å²) >= 11 is 13.0. The van der Waals surface area contributed by atoms with Crippen LogP contribution < -0.4 is 0 Å². The van der Waals surface area contributed by atoms with Gasteiger partial charge >= 0.3 is 0 Å². The molecule has 2 rings (SSSR count). The van der Waals surface area contributed by atoms with Crippen LogP contribution in [-0.4, -0.2) is 5.78 Å². The van der Waals surface area contributed by atoms with E-state index in [1.165, 1.54) is 11.3 Å². The first-order valence-electron chi connectivity index (χ1n) is 5.05. The van der Waals surface area contributed by atoms with Crippen LogP contribution in [0.1, 0.15) is 21.2 Å². The van der Waals surface area contributed by atoms with E-state index >= 15 is 0 Å². The number of thiophene rings is 1. The van der Waals surface area contributed by atoms with Crippen LogP contribution in [0, 0.1) is 11.3 Å². The third-order valence-corrected chi connectivity index (χ3v) is 4.06. The summed E-state index contributed by atoms with van der Waals surface area (Å²) in [5.41, 5.74) is 0.560. The molecule has 1 unspecified atom stereocenters. The minimum atomic E-state index is -0.849. The lowest BCUT2D eigenvalue weighted by Gasteiger charge is -2.08. The molecule has 0 amide bonds. The van der Waals surface area contributed by atoms with Crippen molar-refractivity contribution in [3.63, 3.8) is 0 Å². The van der Waals surface area contributed by atoms with Gasteiger partial charge in [-0.2, -0.15) is 5.26 Å². The number of carbonyl (C=O) groups is 1. The summed E-state index contributed by atoms with van der Waals surface area (Å²) in [6.45, 7) is 0. The Morgan fingerprint density at radius 1 is 1.28 bits per heavy atom. The van der Waals surface area contributed by atoms with E-state index in [0.29, 0.717) is 20.5 Å². The Morgan fingerprint density at radius 2 is 2.06 bits per heavy atom. The van der Waals surface area contributed by atoms with Gasteiger partial charge in [-0.25, -0.2) is 0 Å². The normalized spacial score (nSPS) is 11.8. The lowest BCUT2D eigenvalue weighted by atomic mass is 9.95. The third kappa shape index (κ3) is 2.56. The van der Waals surface area contributed by atoms with Crippen LogP contribution in [0.2, 0.25) is 10.0 Å². The first-order chi connectivity index (χ1) is 8.63. The Balaban J connectivity index is 2.37. The molecule has 0 aliphatic rings. The van der Waals surface area contributed by atoms with Crippen LogP contribution in [0.25, 0.3) is 0 Å². The molecule has 0 radical (unpaired) electrons. The zero-order valence-electron chi connectivity index (χ0n) is 9.06. The van der Waals surface area contributed by atoms with Gasteiger partial charge in [0.25, 0.3) is 0 Å². The second-order valence-electron chi connectivity index (χ2n) is 3.58. The van der Waals surface area contributed by atoms with Crippen molar-refractivity contribution < 1.29 is 4.79 Å². The predicted octanol–water partition coefficient (Wildman–Crippen LogP) is 4.54. The maximum atomic E-state index is 12.1. The third-order valence-electron chi connectivity index (χ3n) is 2.43. The van der Waals surface area contributed by atoms with Crippen LogP contribution in [0.4, 0.5) is 0 Å². The van der Waals surface area contributed by atoms with Crippen molar-refractivity contribution in [2.24, 2.45) is 0 Å². The number of benzene rings is 1. The summed E-state index contributed by atoms with van der Waals surface area (Å²) in [5, 5.41) is 11.7. The number of nitriles is 1. The highest BCUT2D eigenvalue weighted by Gasteiger charge is 2.23. The van der Waals surface area contributed by atoms with Gasteiger partial charge in [-0.1, -0.05) is 35.3 Å². The molecule has 1 heterocycles. The van der Waals surface area contributed by atoms with E-state index in [2.05, 4.69) is 0 Å². The summed E-state index contributed by atoms with van der Waals surface area (Å²) in [5.74, 6) is -1.07. The fourth-order valence-electron chi connectivity index (χ4n) is 1.54. The molecule has 0 aliphatic heterocycles. The number of nitrogens with zero attached hydrogens (tertiary/aromatic N) is 1. The Bertz CT molecular complexity index is 616. The van der Waals surface area contributed by atoms with E-state index in [0.717, 1.165) is 0 Å². The molecule has 0 saturated carbocycles.